The van der Waals surface area contributed by atoms with Crippen LogP contribution in [0.4, 0.5) is 0 Å². The van der Waals surface area contributed by atoms with E-state index in [0.717, 1.165) is 41.6 Å². The van der Waals surface area contributed by atoms with Crippen LogP contribution in [-0.2, 0) is 11.2 Å². The molecule has 3 aromatic rings. The van der Waals surface area contributed by atoms with E-state index in [0.29, 0.717) is 5.92 Å². The van der Waals surface area contributed by atoms with Crippen molar-refractivity contribution in [2.75, 3.05) is 0 Å². The highest BCUT2D eigenvalue weighted by Gasteiger charge is 2.39. The number of primary amides is 1. The van der Waals surface area contributed by atoms with Crippen LogP contribution in [0, 0.1) is 5.92 Å². The molecular weight excluding hydrogens is 396 g/mol. The summed E-state index contributed by atoms with van der Waals surface area (Å²) in [6.07, 6.45) is 6.44. The maximum atomic E-state index is 12.2. The number of aromatic nitrogens is 4. The SMILES string of the molecule is CC(C)C1=CSC(C(N)=O)N1C1CCCc2cc(-c3ncnc4[nH]ncc34)ccc21. The monoisotopic (exact) mass is 420 g/mol. The number of rotatable bonds is 4. The van der Waals surface area contributed by atoms with Gasteiger partial charge in [0, 0.05) is 11.3 Å². The molecule has 8 heteroatoms. The van der Waals surface area contributed by atoms with Gasteiger partial charge in [-0.2, -0.15) is 5.10 Å². The molecule has 0 saturated heterocycles. The van der Waals surface area contributed by atoms with Crippen LogP contribution in [0.2, 0.25) is 0 Å². The number of nitrogens with zero attached hydrogens (tertiary/aromatic N) is 4. The lowest BCUT2D eigenvalue weighted by Crippen LogP contribution is -2.43. The zero-order valence-electron chi connectivity index (χ0n) is 17.0. The zero-order chi connectivity index (χ0) is 20.8. The fraction of sp³-hybridized carbons (Fsp3) is 0.364. The fourth-order valence-electron chi connectivity index (χ4n) is 4.60. The number of H-pyrrole nitrogens is 1. The first-order chi connectivity index (χ1) is 14.5. The average molecular weight is 421 g/mol. The predicted molar refractivity (Wildman–Crippen MR) is 118 cm³/mol. The molecule has 3 heterocycles. The summed E-state index contributed by atoms with van der Waals surface area (Å²) in [5, 5.41) is 9.69. The van der Waals surface area contributed by atoms with E-state index < -0.39 is 0 Å². The Kier molecular flexibility index (Phi) is 4.73. The number of amides is 1. The Morgan fingerprint density at radius 2 is 2.20 bits per heavy atom. The van der Waals surface area contributed by atoms with E-state index in [9.17, 15) is 4.79 Å². The Bertz CT molecular complexity index is 1150. The van der Waals surface area contributed by atoms with E-state index in [4.69, 9.17) is 5.73 Å². The summed E-state index contributed by atoms with van der Waals surface area (Å²) in [6, 6.07) is 6.70. The van der Waals surface area contributed by atoms with Gasteiger partial charge in [0.15, 0.2) is 11.0 Å². The highest BCUT2D eigenvalue weighted by Crippen LogP contribution is 2.46. The van der Waals surface area contributed by atoms with Crippen molar-refractivity contribution in [3.63, 3.8) is 0 Å². The molecule has 1 aliphatic carbocycles. The Labute approximate surface area is 179 Å². The van der Waals surface area contributed by atoms with Gasteiger partial charge < -0.3 is 10.6 Å². The Morgan fingerprint density at radius 3 is 3.00 bits per heavy atom. The van der Waals surface area contributed by atoms with Crippen LogP contribution in [-0.4, -0.2) is 36.3 Å². The van der Waals surface area contributed by atoms with Crippen LogP contribution in [0.25, 0.3) is 22.3 Å². The zero-order valence-corrected chi connectivity index (χ0v) is 17.8. The number of carbonyl (C=O) groups excluding carboxylic acids is 1. The van der Waals surface area contributed by atoms with Crippen LogP contribution in [0.3, 0.4) is 0 Å². The number of aromatic amines is 1. The topological polar surface area (TPSA) is 101 Å². The molecule has 154 valence electrons. The van der Waals surface area contributed by atoms with Crippen molar-refractivity contribution < 1.29 is 4.79 Å². The molecule has 5 rings (SSSR count). The van der Waals surface area contributed by atoms with E-state index in [1.54, 1.807) is 12.5 Å². The molecule has 0 spiro atoms. The third kappa shape index (κ3) is 3.06. The first kappa shape index (κ1) is 19.1. The number of nitrogens with two attached hydrogens (primary N) is 1. The van der Waals surface area contributed by atoms with Crippen LogP contribution in [0.1, 0.15) is 43.9 Å². The summed E-state index contributed by atoms with van der Waals surface area (Å²) in [6.45, 7) is 4.34. The Morgan fingerprint density at radius 1 is 1.33 bits per heavy atom. The number of allylic oxidation sites excluding steroid dienone is 1. The summed E-state index contributed by atoms with van der Waals surface area (Å²) in [7, 11) is 0. The second kappa shape index (κ2) is 7.43. The molecule has 2 aromatic heterocycles. The molecule has 0 radical (unpaired) electrons. The molecule has 0 bridgehead atoms. The van der Waals surface area contributed by atoms with Crippen molar-refractivity contribution in [3.05, 3.63) is 53.0 Å². The lowest BCUT2D eigenvalue weighted by atomic mass is 9.84. The minimum Gasteiger partial charge on any atom is -0.367 e. The Balaban J connectivity index is 1.56. The minimum absolute atomic E-state index is 0.156. The normalized spacial score (nSPS) is 21.2. The quantitative estimate of drug-likeness (QED) is 0.667. The first-order valence-corrected chi connectivity index (χ1v) is 11.2. The molecule has 0 saturated carbocycles. The van der Waals surface area contributed by atoms with Crippen LogP contribution >= 0.6 is 11.8 Å². The van der Waals surface area contributed by atoms with Crippen LogP contribution in [0.15, 0.2) is 41.8 Å². The summed E-state index contributed by atoms with van der Waals surface area (Å²) < 4.78 is 0. The van der Waals surface area contributed by atoms with Crippen molar-refractivity contribution in [1.82, 2.24) is 25.1 Å². The first-order valence-electron chi connectivity index (χ1n) is 10.2. The molecule has 3 N–H and O–H groups in total. The molecule has 2 atom stereocenters. The van der Waals surface area contributed by atoms with E-state index in [1.165, 1.54) is 28.6 Å². The molecule has 0 fully saturated rings. The second-order valence-electron chi connectivity index (χ2n) is 8.17. The smallest absolute Gasteiger partial charge is 0.251 e. The summed E-state index contributed by atoms with van der Waals surface area (Å²) in [5.41, 5.74) is 12.2. The molecule has 1 aromatic carbocycles. The van der Waals surface area contributed by atoms with Crippen molar-refractivity contribution >= 4 is 28.7 Å². The molecular formula is C22H24N6OS. The molecule has 7 nitrogen and oxygen atoms in total. The van der Waals surface area contributed by atoms with Gasteiger partial charge in [0.2, 0.25) is 0 Å². The van der Waals surface area contributed by atoms with Gasteiger partial charge in [0.25, 0.3) is 5.91 Å². The Hall–Kier alpha value is -2.87. The number of nitrogens with one attached hydrogen (secondary N) is 1. The molecule has 2 aliphatic rings. The van der Waals surface area contributed by atoms with E-state index in [-0.39, 0.29) is 17.3 Å². The highest BCUT2D eigenvalue weighted by atomic mass is 32.2. The van der Waals surface area contributed by atoms with Gasteiger partial charge >= 0.3 is 0 Å². The van der Waals surface area contributed by atoms with Gasteiger partial charge in [0.1, 0.15) is 6.33 Å². The van der Waals surface area contributed by atoms with Crippen LogP contribution < -0.4 is 5.73 Å². The van der Waals surface area contributed by atoms with Gasteiger partial charge in [-0.3, -0.25) is 9.89 Å². The molecule has 30 heavy (non-hydrogen) atoms. The summed E-state index contributed by atoms with van der Waals surface area (Å²) in [5.74, 6) is 0.0564. The number of carbonyl (C=O) groups is 1. The maximum absolute atomic E-state index is 12.2. The standard InChI is InChI=1S/C22H24N6OS/c1-12(2)18-10-30-22(20(23)29)28(18)17-5-3-4-13-8-14(6-7-15(13)17)19-16-9-26-27-21(16)25-11-24-19/h6-12,17,22H,3-5H2,1-2H3,(H2,23,29)(H,24,25,26,27). The van der Waals surface area contributed by atoms with E-state index in [2.05, 4.69) is 62.5 Å². The van der Waals surface area contributed by atoms with Crippen molar-refractivity contribution in [2.45, 2.75) is 44.5 Å². The largest absolute Gasteiger partial charge is 0.367 e. The number of aryl methyl sites for hydroxylation is 1. The van der Waals surface area contributed by atoms with Gasteiger partial charge in [-0.15, -0.1) is 0 Å². The van der Waals surface area contributed by atoms with Gasteiger partial charge in [0.05, 0.1) is 23.3 Å². The molecule has 1 amide bonds. The van der Waals surface area contributed by atoms with E-state index in [1.807, 2.05) is 0 Å². The van der Waals surface area contributed by atoms with E-state index >= 15 is 0 Å². The molecule has 1 aliphatic heterocycles. The average Bonchev–Trinajstić information content (AvgIpc) is 3.39. The number of hydrogen-bond acceptors (Lipinski definition) is 6. The van der Waals surface area contributed by atoms with Gasteiger partial charge in [-0.05, 0) is 47.8 Å². The fourth-order valence-corrected chi connectivity index (χ4v) is 5.79. The lowest BCUT2D eigenvalue weighted by molar-refractivity contribution is -0.120. The summed E-state index contributed by atoms with van der Waals surface area (Å²) in [4.78, 5) is 23.2. The number of benzene rings is 1. The predicted octanol–water partition coefficient (Wildman–Crippen LogP) is 3.75. The maximum Gasteiger partial charge on any atom is 0.251 e. The lowest BCUT2D eigenvalue weighted by Gasteiger charge is -2.40. The number of fused-ring (bicyclic) bond motifs is 2. The van der Waals surface area contributed by atoms with Gasteiger partial charge in [-0.1, -0.05) is 37.7 Å². The van der Waals surface area contributed by atoms with Crippen molar-refractivity contribution in [3.8, 4) is 11.3 Å². The van der Waals surface area contributed by atoms with Crippen molar-refractivity contribution in [1.29, 1.82) is 0 Å². The van der Waals surface area contributed by atoms with Crippen molar-refractivity contribution in [2.24, 2.45) is 11.7 Å². The third-order valence-electron chi connectivity index (χ3n) is 5.99. The molecule has 2 unspecified atom stereocenters. The van der Waals surface area contributed by atoms with Crippen LogP contribution in [0.5, 0.6) is 0 Å². The highest BCUT2D eigenvalue weighted by molar-refractivity contribution is 8.03. The minimum atomic E-state index is -0.342. The number of hydrogen-bond donors (Lipinski definition) is 2. The summed E-state index contributed by atoms with van der Waals surface area (Å²) >= 11 is 1.53. The van der Waals surface area contributed by atoms with Gasteiger partial charge in [-0.25, -0.2) is 9.97 Å². The second-order valence-corrected chi connectivity index (χ2v) is 9.13. The third-order valence-corrected chi connectivity index (χ3v) is 7.08. The number of thioether (sulfide) groups is 1.